The summed E-state index contributed by atoms with van der Waals surface area (Å²) in [6, 6.07) is 16.8. The molecule has 1 unspecified atom stereocenters. The average molecular weight is 409 g/mol. The molecule has 1 N–H and O–H groups in total. The number of nitrogens with one attached hydrogen (secondary N) is 1. The molecule has 2 heterocycles. The molecule has 0 aromatic heterocycles. The van der Waals surface area contributed by atoms with Crippen LogP contribution in [0.4, 0.5) is 0 Å². The molecule has 0 bridgehead atoms. The number of benzene rings is 2. The van der Waals surface area contributed by atoms with Gasteiger partial charge in [0.25, 0.3) is 0 Å². The summed E-state index contributed by atoms with van der Waals surface area (Å²) >= 11 is 0. The molecule has 2 saturated heterocycles. The van der Waals surface area contributed by atoms with Gasteiger partial charge in [-0.05, 0) is 63.0 Å². The molecule has 2 fully saturated rings. The van der Waals surface area contributed by atoms with Crippen molar-refractivity contribution in [2.75, 3.05) is 40.5 Å². The number of carbonyl (C=O) groups excluding carboxylic acids is 1. The van der Waals surface area contributed by atoms with Gasteiger partial charge in [0.15, 0.2) is 0 Å². The quantitative estimate of drug-likeness (QED) is 0.795. The zero-order valence-electron chi connectivity index (χ0n) is 18.0. The number of hydrogen-bond acceptors (Lipinski definition) is 4. The van der Waals surface area contributed by atoms with Crippen LogP contribution in [0.1, 0.15) is 24.8 Å². The van der Waals surface area contributed by atoms with Gasteiger partial charge in [0.1, 0.15) is 5.75 Å². The molecule has 160 valence electrons. The van der Waals surface area contributed by atoms with Gasteiger partial charge in [0.2, 0.25) is 5.91 Å². The Bertz CT molecular complexity index is 868. The number of amides is 1. The van der Waals surface area contributed by atoms with E-state index in [-0.39, 0.29) is 11.9 Å². The predicted molar refractivity (Wildman–Crippen MR) is 119 cm³/mol. The smallest absolute Gasteiger partial charge is 0.229 e. The van der Waals surface area contributed by atoms with Gasteiger partial charge in [-0.3, -0.25) is 4.79 Å². The largest absolute Gasteiger partial charge is 0.496 e. The first-order valence-electron chi connectivity index (χ1n) is 10.9. The van der Waals surface area contributed by atoms with Crippen molar-refractivity contribution < 1.29 is 14.3 Å². The molecule has 5 nitrogen and oxygen atoms in total. The summed E-state index contributed by atoms with van der Waals surface area (Å²) < 4.78 is 11.3. The first-order valence-corrected chi connectivity index (χ1v) is 10.9. The van der Waals surface area contributed by atoms with Crippen LogP contribution in [0, 0.1) is 5.41 Å². The van der Waals surface area contributed by atoms with Crippen molar-refractivity contribution >= 4 is 5.91 Å². The predicted octanol–water partition coefficient (Wildman–Crippen LogP) is 3.52. The van der Waals surface area contributed by atoms with E-state index >= 15 is 0 Å². The third-order valence-electron chi connectivity index (χ3n) is 6.53. The summed E-state index contributed by atoms with van der Waals surface area (Å²) in [5, 5.41) is 3.34. The van der Waals surface area contributed by atoms with Crippen LogP contribution in [0.25, 0.3) is 11.1 Å². The van der Waals surface area contributed by atoms with Crippen molar-refractivity contribution in [2.24, 2.45) is 5.41 Å². The Kier molecular flexibility index (Phi) is 6.40. The zero-order valence-corrected chi connectivity index (χ0v) is 18.0. The molecular weight excluding hydrogens is 376 g/mol. The normalized spacial score (nSPS) is 22.7. The summed E-state index contributed by atoms with van der Waals surface area (Å²) in [6.07, 6.45) is 3.49. The highest BCUT2D eigenvalue weighted by Crippen LogP contribution is 2.36. The van der Waals surface area contributed by atoms with Gasteiger partial charge >= 0.3 is 0 Å². The Hall–Kier alpha value is -2.37. The molecular formula is C25H32N2O3. The highest BCUT2D eigenvalue weighted by atomic mass is 16.5. The molecule has 0 radical (unpaired) electrons. The second kappa shape index (κ2) is 9.19. The van der Waals surface area contributed by atoms with Crippen molar-refractivity contribution in [1.29, 1.82) is 0 Å². The number of ether oxygens (including phenoxy) is 2. The first-order chi connectivity index (χ1) is 14.6. The lowest BCUT2D eigenvalue weighted by molar-refractivity contribution is -0.132. The van der Waals surface area contributed by atoms with E-state index < -0.39 is 5.41 Å². The minimum absolute atomic E-state index is 0.150. The van der Waals surface area contributed by atoms with Gasteiger partial charge in [-0.15, -0.1) is 0 Å². The third kappa shape index (κ3) is 4.52. The van der Waals surface area contributed by atoms with Crippen LogP contribution in [0.3, 0.4) is 0 Å². The fourth-order valence-electron chi connectivity index (χ4n) is 4.62. The number of piperidine rings is 1. The Morgan fingerprint density at radius 2 is 2.00 bits per heavy atom. The maximum Gasteiger partial charge on any atom is 0.229 e. The van der Waals surface area contributed by atoms with Crippen LogP contribution in [0.5, 0.6) is 5.75 Å². The van der Waals surface area contributed by atoms with Crippen LogP contribution < -0.4 is 10.1 Å². The highest BCUT2D eigenvalue weighted by Gasteiger charge is 2.43. The number of nitrogens with zero attached hydrogens (tertiary/aromatic N) is 1. The molecule has 30 heavy (non-hydrogen) atoms. The summed E-state index contributed by atoms with van der Waals surface area (Å²) in [5.41, 5.74) is 2.84. The SMILES string of the molecule is COc1ccccc1-c1cccc(CC2(C(=O)NC3CCN(C)CC3)CCOC2)c1. The number of para-hydroxylation sites is 1. The lowest BCUT2D eigenvalue weighted by Crippen LogP contribution is -2.50. The van der Waals surface area contributed by atoms with E-state index in [1.807, 2.05) is 18.2 Å². The summed E-state index contributed by atoms with van der Waals surface area (Å²) in [7, 11) is 3.83. The van der Waals surface area contributed by atoms with E-state index in [1.165, 1.54) is 0 Å². The molecule has 2 aromatic carbocycles. The monoisotopic (exact) mass is 408 g/mol. The van der Waals surface area contributed by atoms with Gasteiger partial charge in [-0.2, -0.15) is 0 Å². The average Bonchev–Trinajstić information content (AvgIpc) is 3.25. The molecule has 1 atom stereocenters. The summed E-state index contributed by atoms with van der Waals surface area (Å²) in [5.74, 6) is 1.01. The topological polar surface area (TPSA) is 50.8 Å². The lowest BCUT2D eigenvalue weighted by Gasteiger charge is -2.33. The minimum Gasteiger partial charge on any atom is -0.496 e. The molecule has 4 rings (SSSR count). The van der Waals surface area contributed by atoms with E-state index in [4.69, 9.17) is 9.47 Å². The van der Waals surface area contributed by atoms with Crippen molar-refractivity contribution in [2.45, 2.75) is 31.7 Å². The van der Waals surface area contributed by atoms with Crippen molar-refractivity contribution in [3.63, 3.8) is 0 Å². The van der Waals surface area contributed by atoms with Crippen molar-refractivity contribution in [3.05, 3.63) is 54.1 Å². The van der Waals surface area contributed by atoms with Crippen LogP contribution >= 0.6 is 0 Å². The third-order valence-corrected chi connectivity index (χ3v) is 6.53. The number of rotatable bonds is 6. The van der Waals surface area contributed by atoms with E-state index in [0.717, 1.165) is 54.8 Å². The lowest BCUT2D eigenvalue weighted by atomic mass is 9.79. The Morgan fingerprint density at radius 3 is 2.73 bits per heavy atom. The summed E-state index contributed by atoms with van der Waals surface area (Å²) in [4.78, 5) is 15.7. The summed E-state index contributed by atoms with van der Waals surface area (Å²) in [6.45, 7) is 3.21. The second-order valence-corrected chi connectivity index (χ2v) is 8.71. The number of carbonyl (C=O) groups is 1. The van der Waals surface area contributed by atoms with Gasteiger partial charge in [-0.25, -0.2) is 0 Å². The Balaban J connectivity index is 1.53. The number of methoxy groups -OCH3 is 1. The molecule has 0 spiro atoms. The molecule has 2 aromatic rings. The fraction of sp³-hybridized carbons (Fsp3) is 0.480. The molecule has 0 saturated carbocycles. The molecule has 2 aliphatic heterocycles. The van der Waals surface area contributed by atoms with Crippen LogP contribution in [0.2, 0.25) is 0 Å². The number of likely N-dealkylation sites (tertiary alicyclic amines) is 1. The van der Waals surface area contributed by atoms with Gasteiger partial charge in [-0.1, -0.05) is 42.5 Å². The maximum absolute atomic E-state index is 13.4. The van der Waals surface area contributed by atoms with Crippen LogP contribution in [-0.4, -0.2) is 57.3 Å². The van der Waals surface area contributed by atoms with E-state index in [9.17, 15) is 4.79 Å². The Morgan fingerprint density at radius 1 is 1.20 bits per heavy atom. The van der Waals surface area contributed by atoms with E-state index in [0.29, 0.717) is 19.6 Å². The standard InChI is InChI=1S/C25H32N2O3/c1-27-13-10-21(11-14-27)26-24(28)25(12-15-30-18-25)17-19-6-5-7-20(16-19)22-8-3-4-9-23(22)29-2/h3-9,16,21H,10-15,17-18H2,1-2H3,(H,26,28). The Labute approximate surface area is 179 Å². The second-order valence-electron chi connectivity index (χ2n) is 8.71. The zero-order chi connectivity index (χ0) is 21.0. The molecule has 0 aliphatic carbocycles. The molecule has 1 amide bonds. The van der Waals surface area contributed by atoms with Gasteiger partial charge in [0, 0.05) is 18.2 Å². The van der Waals surface area contributed by atoms with Crippen LogP contribution in [-0.2, 0) is 16.0 Å². The van der Waals surface area contributed by atoms with E-state index in [2.05, 4.69) is 47.6 Å². The first kappa shape index (κ1) is 20.9. The van der Waals surface area contributed by atoms with Crippen LogP contribution in [0.15, 0.2) is 48.5 Å². The van der Waals surface area contributed by atoms with Gasteiger partial charge in [0.05, 0.1) is 19.1 Å². The highest BCUT2D eigenvalue weighted by molar-refractivity contribution is 5.84. The van der Waals surface area contributed by atoms with E-state index in [1.54, 1.807) is 7.11 Å². The van der Waals surface area contributed by atoms with Crippen molar-refractivity contribution in [1.82, 2.24) is 10.2 Å². The van der Waals surface area contributed by atoms with Crippen molar-refractivity contribution in [3.8, 4) is 16.9 Å². The minimum atomic E-state index is -0.483. The molecule has 5 heteroatoms. The van der Waals surface area contributed by atoms with Gasteiger partial charge < -0.3 is 19.7 Å². The number of hydrogen-bond donors (Lipinski definition) is 1. The maximum atomic E-state index is 13.4. The fourth-order valence-corrected chi connectivity index (χ4v) is 4.62. The molecule has 2 aliphatic rings.